The third-order valence-corrected chi connectivity index (χ3v) is 2.16. The van der Waals surface area contributed by atoms with Crippen LogP contribution >= 0.6 is 0 Å². The molecule has 68 valence electrons. The van der Waals surface area contributed by atoms with Crippen LogP contribution in [-0.4, -0.2) is 4.57 Å². The highest BCUT2D eigenvalue weighted by Gasteiger charge is 2.09. The van der Waals surface area contributed by atoms with Crippen molar-refractivity contribution in [1.29, 1.82) is 5.26 Å². The Morgan fingerprint density at radius 3 is 2.21 bits per heavy atom. The smallest absolute Gasteiger partial charge is 0.145 e. The molecule has 1 aromatic heterocycles. The van der Waals surface area contributed by atoms with Crippen LogP contribution in [0.25, 0.3) is 0 Å². The van der Waals surface area contributed by atoms with Gasteiger partial charge in [-0.3, -0.25) is 0 Å². The van der Waals surface area contributed by atoms with Gasteiger partial charge in [0.15, 0.2) is 0 Å². The molecule has 0 saturated heterocycles. The first-order valence-electron chi connectivity index (χ1n) is 4.49. The molecule has 0 aliphatic rings. The Labute approximate surface area is 83.0 Å². The van der Waals surface area contributed by atoms with Crippen molar-refractivity contribution in [2.45, 2.75) is 6.04 Å². The van der Waals surface area contributed by atoms with E-state index < -0.39 is 0 Å². The standard InChI is InChI=1S/C12H10N2/c13-10-12(14-8-4-5-9-14)11-6-2-1-3-7-11/h1-9,12H. The molecule has 2 aromatic rings. The van der Waals surface area contributed by atoms with E-state index in [2.05, 4.69) is 6.07 Å². The lowest BCUT2D eigenvalue weighted by molar-refractivity contribution is 0.717. The molecule has 0 amide bonds. The second-order valence-electron chi connectivity index (χ2n) is 3.07. The van der Waals surface area contributed by atoms with Crippen LogP contribution in [0.2, 0.25) is 0 Å². The lowest BCUT2D eigenvalue weighted by atomic mass is 10.1. The first-order valence-corrected chi connectivity index (χ1v) is 4.49. The molecule has 0 fully saturated rings. The molecule has 0 saturated carbocycles. The van der Waals surface area contributed by atoms with Crippen LogP contribution in [0.3, 0.4) is 0 Å². The Morgan fingerprint density at radius 2 is 1.64 bits per heavy atom. The zero-order valence-corrected chi connectivity index (χ0v) is 7.67. The minimum Gasteiger partial charge on any atom is -0.334 e. The van der Waals surface area contributed by atoms with Crippen molar-refractivity contribution in [3.8, 4) is 6.07 Å². The van der Waals surface area contributed by atoms with E-state index in [9.17, 15) is 0 Å². The number of nitriles is 1. The van der Waals surface area contributed by atoms with Gasteiger partial charge in [-0.25, -0.2) is 0 Å². The van der Waals surface area contributed by atoms with Crippen molar-refractivity contribution in [1.82, 2.24) is 4.57 Å². The normalized spacial score (nSPS) is 11.9. The van der Waals surface area contributed by atoms with Gasteiger partial charge in [-0.1, -0.05) is 30.3 Å². The number of aromatic nitrogens is 1. The second kappa shape index (κ2) is 3.80. The van der Waals surface area contributed by atoms with Gasteiger partial charge >= 0.3 is 0 Å². The molecule has 2 nitrogen and oxygen atoms in total. The van der Waals surface area contributed by atoms with Crippen LogP contribution in [0.4, 0.5) is 0 Å². The molecular weight excluding hydrogens is 172 g/mol. The molecular formula is C12H10N2. The highest BCUT2D eigenvalue weighted by molar-refractivity contribution is 5.25. The maximum absolute atomic E-state index is 9.08. The third kappa shape index (κ3) is 1.53. The van der Waals surface area contributed by atoms with Gasteiger partial charge in [-0.15, -0.1) is 0 Å². The Balaban J connectivity index is 2.38. The molecule has 2 rings (SSSR count). The monoisotopic (exact) mass is 182 g/mol. The maximum atomic E-state index is 9.08. The van der Waals surface area contributed by atoms with Crippen LogP contribution in [-0.2, 0) is 0 Å². The highest BCUT2D eigenvalue weighted by atomic mass is 15.0. The van der Waals surface area contributed by atoms with Crippen molar-refractivity contribution in [2.75, 3.05) is 0 Å². The average Bonchev–Trinajstić information content (AvgIpc) is 2.74. The molecule has 0 N–H and O–H groups in total. The molecule has 0 aliphatic carbocycles. The predicted molar refractivity (Wildman–Crippen MR) is 54.6 cm³/mol. The van der Waals surface area contributed by atoms with Crippen molar-refractivity contribution >= 4 is 0 Å². The van der Waals surface area contributed by atoms with Crippen molar-refractivity contribution in [3.63, 3.8) is 0 Å². The van der Waals surface area contributed by atoms with Crippen LogP contribution < -0.4 is 0 Å². The number of nitrogens with zero attached hydrogens (tertiary/aromatic N) is 2. The van der Waals surface area contributed by atoms with Gasteiger partial charge in [0.2, 0.25) is 0 Å². The fraction of sp³-hybridized carbons (Fsp3) is 0.0833. The predicted octanol–water partition coefficient (Wildman–Crippen LogP) is 2.60. The van der Waals surface area contributed by atoms with Gasteiger partial charge in [0.1, 0.15) is 6.04 Å². The summed E-state index contributed by atoms with van der Waals surface area (Å²) in [6.07, 6.45) is 3.81. The number of rotatable bonds is 2. The van der Waals surface area contributed by atoms with Crippen molar-refractivity contribution in [3.05, 3.63) is 60.4 Å². The first kappa shape index (κ1) is 8.58. The van der Waals surface area contributed by atoms with Gasteiger partial charge in [0.05, 0.1) is 6.07 Å². The zero-order valence-electron chi connectivity index (χ0n) is 7.67. The summed E-state index contributed by atoms with van der Waals surface area (Å²) in [6, 6.07) is 15.7. The van der Waals surface area contributed by atoms with Crippen molar-refractivity contribution in [2.24, 2.45) is 0 Å². The van der Waals surface area contributed by atoms with Crippen LogP contribution in [0.5, 0.6) is 0 Å². The summed E-state index contributed by atoms with van der Waals surface area (Å²) in [6.45, 7) is 0. The van der Waals surface area contributed by atoms with E-state index in [0.717, 1.165) is 5.56 Å². The summed E-state index contributed by atoms with van der Waals surface area (Å²) in [5.41, 5.74) is 1.02. The molecule has 1 aromatic carbocycles. The third-order valence-electron chi connectivity index (χ3n) is 2.16. The Kier molecular flexibility index (Phi) is 2.33. The van der Waals surface area contributed by atoms with E-state index in [-0.39, 0.29) is 6.04 Å². The van der Waals surface area contributed by atoms with Crippen LogP contribution in [0.1, 0.15) is 11.6 Å². The molecule has 2 heteroatoms. The minimum atomic E-state index is -0.216. The SMILES string of the molecule is N#CC(c1ccccc1)n1cccc1. The number of hydrogen-bond donors (Lipinski definition) is 0. The summed E-state index contributed by atoms with van der Waals surface area (Å²) < 4.78 is 1.90. The van der Waals surface area contributed by atoms with Gasteiger partial charge in [0.25, 0.3) is 0 Å². The Bertz CT molecular complexity index is 423. The largest absolute Gasteiger partial charge is 0.334 e. The topological polar surface area (TPSA) is 28.7 Å². The van der Waals surface area contributed by atoms with E-state index in [1.807, 2.05) is 59.4 Å². The molecule has 0 aliphatic heterocycles. The summed E-state index contributed by atoms with van der Waals surface area (Å²) in [5, 5.41) is 9.08. The van der Waals surface area contributed by atoms with Gasteiger partial charge in [-0.2, -0.15) is 5.26 Å². The van der Waals surface area contributed by atoms with E-state index in [1.54, 1.807) is 0 Å². The fourth-order valence-electron chi connectivity index (χ4n) is 1.47. The number of hydrogen-bond acceptors (Lipinski definition) is 1. The molecule has 1 unspecified atom stereocenters. The van der Waals surface area contributed by atoms with Crippen LogP contribution in [0, 0.1) is 11.3 Å². The summed E-state index contributed by atoms with van der Waals surface area (Å²) in [4.78, 5) is 0. The van der Waals surface area contributed by atoms with E-state index in [4.69, 9.17) is 5.26 Å². The zero-order chi connectivity index (χ0) is 9.80. The summed E-state index contributed by atoms with van der Waals surface area (Å²) >= 11 is 0. The summed E-state index contributed by atoms with van der Waals surface area (Å²) in [5.74, 6) is 0. The Hall–Kier alpha value is -2.01. The van der Waals surface area contributed by atoms with E-state index in [1.165, 1.54) is 0 Å². The maximum Gasteiger partial charge on any atom is 0.145 e. The quantitative estimate of drug-likeness (QED) is 0.701. The van der Waals surface area contributed by atoms with E-state index >= 15 is 0 Å². The second-order valence-corrected chi connectivity index (χ2v) is 3.07. The molecule has 0 radical (unpaired) electrons. The molecule has 1 atom stereocenters. The van der Waals surface area contributed by atoms with E-state index in [0.29, 0.717) is 0 Å². The lowest BCUT2D eigenvalue weighted by Crippen LogP contribution is -2.05. The molecule has 14 heavy (non-hydrogen) atoms. The molecule has 1 heterocycles. The van der Waals surface area contributed by atoms with Gasteiger partial charge in [-0.05, 0) is 17.7 Å². The highest BCUT2D eigenvalue weighted by Crippen LogP contribution is 2.16. The molecule has 0 bridgehead atoms. The molecule has 0 spiro atoms. The van der Waals surface area contributed by atoms with Gasteiger partial charge in [0, 0.05) is 12.4 Å². The summed E-state index contributed by atoms with van der Waals surface area (Å²) in [7, 11) is 0. The van der Waals surface area contributed by atoms with Gasteiger partial charge < -0.3 is 4.57 Å². The average molecular weight is 182 g/mol. The number of benzene rings is 1. The first-order chi connectivity index (χ1) is 6.92. The van der Waals surface area contributed by atoms with Crippen molar-refractivity contribution < 1.29 is 0 Å². The van der Waals surface area contributed by atoms with Crippen LogP contribution in [0.15, 0.2) is 54.9 Å². The lowest BCUT2D eigenvalue weighted by Gasteiger charge is -2.10. The minimum absolute atomic E-state index is 0.216. The Morgan fingerprint density at radius 1 is 1.00 bits per heavy atom. The fourth-order valence-corrected chi connectivity index (χ4v) is 1.47.